The van der Waals surface area contributed by atoms with Crippen LogP contribution in [0.2, 0.25) is 0 Å². The molecule has 2 fully saturated rings. The molecule has 7 heteroatoms. The van der Waals surface area contributed by atoms with Crippen LogP contribution in [-0.4, -0.2) is 50.5 Å². The summed E-state index contributed by atoms with van der Waals surface area (Å²) in [7, 11) is -3.58. The number of benzene rings is 1. The molecule has 2 heterocycles. The van der Waals surface area contributed by atoms with Gasteiger partial charge in [-0.05, 0) is 51.0 Å². The second kappa shape index (κ2) is 6.46. The van der Waals surface area contributed by atoms with Gasteiger partial charge in [-0.25, -0.2) is 8.42 Å². The number of hydrogen-bond donors (Lipinski definition) is 0. The molecule has 0 spiro atoms. The van der Waals surface area contributed by atoms with E-state index in [0.29, 0.717) is 36.6 Å². The summed E-state index contributed by atoms with van der Waals surface area (Å²) in [6.07, 6.45) is 1.29. The Kier molecular flexibility index (Phi) is 4.68. The standard InChI is InChI=1S/C17H24N2O4S/c1-12-9-15(18-8-4-5-17(18)20)6-7-16(12)24(21,22)19-10-14(3)23-11-13(19)2/h6-7,9,13-14H,4-5,8,10-11H2,1-3H3/t13-,14+/m1/s1. The molecule has 3 rings (SSSR count). The minimum Gasteiger partial charge on any atom is -0.375 e. The molecule has 6 nitrogen and oxygen atoms in total. The maximum absolute atomic E-state index is 13.1. The van der Waals surface area contributed by atoms with Gasteiger partial charge < -0.3 is 9.64 Å². The Morgan fingerprint density at radius 3 is 2.62 bits per heavy atom. The average Bonchev–Trinajstić information content (AvgIpc) is 2.95. The number of rotatable bonds is 3. The van der Waals surface area contributed by atoms with Crippen LogP contribution in [-0.2, 0) is 19.6 Å². The van der Waals surface area contributed by atoms with Crippen LogP contribution in [0.3, 0.4) is 0 Å². The monoisotopic (exact) mass is 352 g/mol. The normalized spacial score (nSPS) is 26.1. The Morgan fingerprint density at radius 1 is 1.25 bits per heavy atom. The molecule has 2 saturated heterocycles. The lowest BCUT2D eigenvalue weighted by atomic mass is 10.2. The van der Waals surface area contributed by atoms with Crippen molar-refractivity contribution in [3.63, 3.8) is 0 Å². The summed E-state index contributed by atoms with van der Waals surface area (Å²) >= 11 is 0. The third kappa shape index (κ3) is 3.08. The first-order valence-electron chi connectivity index (χ1n) is 8.35. The lowest BCUT2D eigenvalue weighted by molar-refractivity contribution is -0.117. The first kappa shape index (κ1) is 17.4. The van der Waals surface area contributed by atoms with Crippen molar-refractivity contribution in [3.05, 3.63) is 23.8 Å². The molecule has 0 aromatic heterocycles. The minimum absolute atomic E-state index is 0.0978. The predicted octanol–water partition coefficient (Wildman–Crippen LogP) is 1.92. The molecule has 0 bridgehead atoms. The third-order valence-corrected chi connectivity index (χ3v) is 6.82. The Bertz CT molecular complexity index is 747. The molecule has 2 aliphatic heterocycles. The molecule has 2 atom stereocenters. The van der Waals surface area contributed by atoms with Crippen molar-refractivity contribution >= 4 is 21.6 Å². The van der Waals surface area contributed by atoms with Gasteiger partial charge in [0, 0.05) is 31.2 Å². The van der Waals surface area contributed by atoms with E-state index >= 15 is 0 Å². The molecule has 1 amide bonds. The molecule has 0 saturated carbocycles. The number of hydrogen-bond acceptors (Lipinski definition) is 4. The first-order valence-corrected chi connectivity index (χ1v) is 9.79. The molecule has 2 aliphatic rings. The molecule has 1 aromatic carbocycles. The summed E-state index contributed by atoms with van der Waals surface area (Å²) in [5.41, 5.74) is 1.44. The van der Waals surface area contributed by atoms with E-state index in [9.17, 15) is 13.2 Å². The third-order valence-electron chi connectivity index (χ3n) is 4.68. The number of carbonyl (C=O) groups excluding carboxylic acids is 1. The molecule has 0 N–H and O–H groups in total. The minimum atomic E-state index is -3.58. The van der Waals surface area contributed by atoms with E-state index in [2.05, 4.69) is 0 Å². The highest BCUT2D eigenvalue weighted by Crippen LogP contribution is 2.29. The van der Waals surface area contributed by atoms with Gasteiger partial charge in [-0.3, -0.25) is 4.79 Å². The molecule has 1 aromatic rings. The molecular weight excluding hydrogens is 328 g/mol. The summed E-state index contributed by atoms with van der Waals surface area (Å²) in [6.45, 7) is 6.97. The number of nitrogens with zero attached hydrogens (tertiary/aromatic N) is 2. The van der Waals surface area contributed by atoms with Crippen LogP contribution >= 0.6 is 0 Å². The van der Waals surface area contributed by atoms with E-state index in [0.717, 1.165) is 12.1 Å². The number of anilines is 1. The van der Waals surface area contributed by atoms with Crippen molar-refractivity contribution in [3.8, 4) is 0 Å². The Morgan fingerprint density at radius 2 is 2.00 bits per heavy atom. The van der Waals surface area contributed by atoms with Gasteiger partial charge in [0.25, 0.3) is 0 Å². The highest BCUT2D eigenvalue weighted by Gasteiger charge is 2.35. The average molecular weight is 352 g/mol. The summed E-state index contributed by atoms with van der Waals surface area (Å²) < 4.78 is 33.1. The topological polar surface area (TPSA) is 66.9 Å². The van der Waals surface area contributed by atoms with Crippen LogP contribution in [0.4, 0.5) is 5.69 Å². The Balaban J connectivity index is 1.92. The van der Waals surface area contributed by atoms with E-state index in [4.69, 9.17) is 4.74 Å². The SMILES string of the molecule is Cc1cc(N2CCCC2=O)ccc1S(=O)(=O)N1C[C@H](C)OC[C@H]1C. The first-order chi connectivity index (χ1) is 11.3. The fourth-order valence-electron chi connectivity index (χ4n) is 3.35. The Hall–Kier alpha value is -1.44. The van der Waals surface area contributed by atoms with Gasteiger partial charge in [-0.1, -0.05) is 0 Å². The van der Waals surface area contributed by atoms with E-state index < -0.39 is 10.0 Å². The van der Waals surface area contributed by atoms with Gasteiger partial charge in [-0.2, -0.15) is 4.31 Å². The van der Waals surface area contributed by atoms with Crippen molar-refractivity contribution < 1.29 is 17.9 Å². The number of morpholine rings is 1. The summed E-state index contributed by atoms with van der Waals surface area (Å²) in [5.74, 6) is 0.0978. The van der Waals surface area contributed by atoms with E-state index in [1.807, 2.05) is 13.8 Å². The zero-order valence-corrected chi connectivity index (χ0v) is 15.2. The van der Waals surface area contributed by atoms with E-state index in [1.54, 1.807) is 30.0 Å². The fourth-order valence-corrected chi connectivity index (χ4v) is 5.25. The number of aryl methyl sites for hydroxylation is 1. The van der Waals surface area contributed by atoms with Crippen molar-refractivity contribution in [2.45, 2.75) is 50.7 Å². The van der Waals surface area contributed by atoms with Crippen LogP contribution in [0.25, 0.3) is 0 Å². The van der Waals surface area contributed by atoms with Crippen LogP contribution in [0, 0.1) is 6.92 Å². The van der Waals surface area contributed by atoms with Crippen LogP contribution in [0.5, 0.6) is 0 Å². The summed E-state index contributed by atoms with van der Waals surface area (Å²) in [4.78, 5) is 13.9. The highest BCUT2D eigenvalue weighted by molar-refractivity contribution is 7.89. The summed E-state index contributed by atoms with van der Waals surface area (Å²) in [6, 6.07) is 4.96. The van der Waals surface area contributed by atoms with E-state index in [-0.39, 0.29) is 18.1 Å². The lowest BCUT2D eigenvalue weighted by Gasteiger charge is -2.36. The highest BCUT2D eigenvalue weighted by atomic mass is 32.2. The fraction of sp³-hybridized carbons (Fsp3) is 0.588. The quantitative estimate of drug-likeness (QED) is 0.833. The van der Waals surface area contributed by atoms with Gasteiger partial charge in [0.1, 0.15) is 0 Å². The zero-order valence-electron chi connectivity index (χ0n) is 14.4. The van der Waals surface area contributed by atoms with Gasteiger partial charge in [0.05, 0.1) is 17.6 Å². The Labute approximate surface area is 143 Å². The number of ether oxygens (including phenoxy) is 1. The van der Waals surface area contributed by atoms with Crippen LogP contribution in [0.15, 0.2) is 23.1 Å². The largest absolute Gasteiger partial charge is 0.375 e. The van der Waals surface area contributed by atoms with Crippen molar-refractivity contribution in [2.24, 2.45) is 0 Å². The van der Waals surface area contributed by atoms with Crippen molar-refractivity contribution in [2.75, 3.05) is 24.6 Å². The van der Waals surface area contributed by atoms with Crippen molar-refractivity contribution in [1.82, 2.24) is 4.31 Å². The maximum Gasteiger partial charge on any atom is 0.243 e. The molecule has 24 heavy (non-hydrogen) atoms. The van der Waals surface area contributed by atoms with E-state index in [1.165, 1.54) is 4.31 Å². The number of carbonyl (C=O) groups is 1. The predicted molar refractivity (Wildman–Crippen MR) is 91.5 cm³/mol. The summed E-state index contributed by atoms with van der Waals surface area (Å²) in [5, 5.41) is 0. The van der Waals surface area contributed by atoms with Gasteiger partial charge in [-0.15, -0.1) is 0 Å². The van der Waals surface area contributed by atoms with Gasteiger partial charge >= 0.3 is 0 Å². The molecular formula is C17H24N2O4S. The molecule has 0 radical (unpaired) electrons. The lowest BCUT2D eigenvalue weighted by Crippen LogP contribution is -2.50. The second-order valence-electron chi connectivity index (χ2n) is 6.67. The smallest absolute Gasteiger partial charge is 0.243 e. The second-order valence-corrected chi connectivity index (χ2v) is 8.53. The van der Waals surface area contributed by atoms with Crippen LogP contribution in [0.1, 0.15) is 32.3 Å². The molecule has 0 aliphatic carbocycles. The zero-order chi connectivity index (χ0) is 17.5. The number of sulfonamides is 1. The van der Waals surface area contributed by atoms with Crippen molar-refractivity contribution in [1.29, 1.82) is 0 Å². The molecule has 132 valence electrons. The maximum atomic E-state index is 13.1. The van der Waals surface area contributed by atoms with Gasteiger partial charge in [0.2, 0.25) is 15.9 Å². The van der Waals surface area contributed by atoms with Gasteiger partial charge in [0.15, 0.2) is 0 Å². The molecule has 0 unspecified atom stereocenters. The van der Waals surface area contributed by atoms with Crippen LogP contribution < -0.4 is 4.90 Å². The number of amides is 1.